The maximum atomic E-state index is 10.1. The Bertz CT molecular complexity index is 630. The molecule has 2 rings (SSSR count). The van der Waals surface area contributed by atoms with Crippen molar-refractivity contribution in [2.75, 3.05) is 27.3 Å². The third-order valence-corrected chi connectivity index (χ3v) is 3.63. The zero-order valence-corrected chi connectivity index (χ0v) is 13.5. The lowest BCUT2D eigenvalue weighted by molar-refractivity contribution is 0.174. The van der Waals surface area contributed by atoms with Crippen LogP contribution in [0.4, 0.5) is 0 Å². The van der Waals surface area contributed by atoms with Crippen LogP contribution in [0.5, 0.6) is 17.2 Å². The summed E-state index contributed by atoms with van der Waals surface area (Å²) >= 11 is 0. The first-order valence-corrected chi connectivity index (χ1v) is 7.52. The van der Waals surface area contributed by atoms with Crippen molar-refractivity contribution < 1.29 is 19.7 Å². The van der Waals surface area contributed by atoms with Gasteiger partial charge in [-0.2, -0.15) is 0 Å². The molecule has 0 unspecified atom stereocenters. The van der Waals surface area contributed by atoms with Crippen LogP contribution >= 0.6 is 0 Å². The van der Waals surface area contributed by atoms with Gasteiger partial charge in [0.1, 0.15) is 5.75 Å². The largest absolute Gasteiger partial charge is 0.508 e. The first-order valence-electron chi connectivity index (χ1n) is 7.52. The van der Waals surface area contributed by atoms with Gasteiger partial charge in [0, 0.05) is 6.54 Å². The molecule has 0 amide bonds. The number of aliphatic hydroxyl groups is 1. The van der Waals surface area contributed by atoms with Gasteiger partial charge in [0.25, 0.3) is 0 Å². The van der Waals surface area contributed by atoms with E-state index in [0.29, 0.717) is 23.6 Å². The van der Waals surface area contributed by atoms with Crippen molar-refractivity contribution in [3.63, 3.8) is 0 Å². The van der Waals surface area contributed by atoms with Gasteiger partial charge in [-0.05, 0) is 48.4 Å². The lowest BCUT2D eigenvalue weighted by Crippen LogP contribution is -2.23. The molecule has 0 aromatic heterocycles. The summed E-state index contributed by atoms with van der Waals surface area (Å²) in [6, 6.07) is 12.5. The van der Waals surface area contributed by atoms with E-state index < -0.39 is 6.10 Å². The number of aliphatic hydroxyl groups excluding tert-OH is 1. The molecular formula is C18H23NO4. The van der Waals surface area contributed by atoms with E-state index in [2.05, 4.69) is 5.32 Å². The number of aromatic hydroxyl groups is 1. The van der Waals surface area contributed by atoms with Crippen LogP contribution in [0.3, 0.4) is 0 Å². The molecule has 3 N–H and O–H groups in total. The van der Waals surface area contributed by atoms with Gasteiger partial charge in [-0.25, -0.2) is 0 Å². The molecule has 0 saturated heterocycles. The minimum Gasteiger partial charge on any atom is -0.508 e. The van der Waals surface area contributed by atoms with Crippen LogP contribution in [0.15, 0.2) is 42.5 Å². The number of phenolic OH excluding ortho intramolecular Hbond substituents is 1. The third-order valence-electron chi connectivity index (χ3n) is 3.63. The van der Waals surface area contributed by atoms with E-state index in [4.69, 9.17) is 9.47 Å². The van der Waals surface area contributed by atoms with Gasteiger partial charge in [-0.1, -0.05) is 18.2 Å². The lowest BCUT2D eigenvalue weighted by atomic mass is 10.1. The van der Waals surface area contributed by atoms with E-state index in [1.807, 2.05) is 18.2 Å². The predicted molar refractivity (Wildman–Crippen MR) is 89.2 cm³/mol. The van der Waals surface area contributed by atoms with Crippen molar-refractivity contribution >= 4 is 0 Å². The normalized spacial score (nSPS) is 12.0. The van der Waals surface area contributed by atoms with Crippen LogP contribution < -0.4 is 14.8 Å². The zero-order chi connectivity index (χ0) is 16.7. The highest BCUT2D eigenvalue weighted by atomic mass is 16.5. The number of phenols is 1. The Balaban J connectivity index is 1.81. The van der Waals surface area contributed by atoms with E-state index in [0.717, 1.165) is 18.5 Å². The molecule has 5 heteroatoms. The summed E-state index contributed by atoms with van der Waals surface area (Å²) in [5, 5.41) is 22.7. The lowest BCUT2D eigenvalue weighted by Gasteiger charge is -2.13. The van der Waals surface area contributed by atoms with E-state index in [1.165, 1.54) is 0 Å². The van der Waals surface area contributed by atoms with Gasteiger partial charge in [0.15, 0.2) is 11.5 Å². The summed E-state index contributed by atoms with van der Waals surface area (Å²) in [5.74, 6) is 1.58. The van der Waals surface area contributed by atoms with Gasteiger partial charge >= 0.3 is 0 Å². The SMILES string of the molecule is COc1ccc(CCNC[C@@H](O)c2cccc(O)c2)cc1OC. The van der Waals surface area contributed by atoms with Crippen LogP contribution in [-0.4, -0.2) is 37.5 Å². The average molecular weight is 317 g/mol. The van der Waals surface area contributed by atoms with Crippen LogP contribution in [0.25, 0.3) is 0 Å². The van der Waals surface area contributed by atoms with Crippen LogP contribution in [0.1, 0.15) is 17.2 Å². The van der Waals surface area contributed by atoms with Gasteiger partial charge < -0.3 is 25.0 Å². The minimum absolute atomic E-state index is 0.159. The molecule has 23 heavy (non-hydrogen) atoms. The molecule has 5 nitrogen and oxygen atoms in total. The Kier molecular flexibility index (Phi) is 6.26. The summed E-state index contributed by atoms with van der Waals surface area (Å²) < 4.78 is 10.5. The summed E-state index contributed by atoms with van der Waals surface area (Å²) in [5.41, 5.74) is 1.82. The second-order valence-corrected chi connectivity index (χ2v) is 5.25. The fourth-order valence-corrected chi connectivity index (χ4v) is 2.36. The molecule has 0 spiro atoms. The molecule has 2 aromatic rings. The quantitative estimate of drug-likeness (QED) is 0.652. The summed E-state index contributed by atoms with van der Waals surface area (Å²) in [7, 11) is 3.23. The number of nitrogens with one attached hydrogen (secondary N) is 1. The molecule has 0 aliphatic heterocycles. The molecule has 2 aromatic carbocycles. The third kappa shape index (κ3) is 4.87. The maximum Gasteiger partial charge on any atom is 0.160 e. The fraction of sp³-hybridized carbons (Fsp3) is 0.333. The highest BCUT2D eigenvalue weighted by Gasteiger charge is 2.08. The molecule has 1 atom stereocenters. The Morgan fingerprint density at radius 1 is 1.04 bits per heavy atom. The van der Waals surface area contributed by atoms with Gasteiger partial charge in [0.2, 0.25) is 0 Å². The number of hydrogen-bond acceptors (Lipinski definition) is 5. The van der Waals surface area contributed by atoms with Crippen LogP contribution in [0, 0.1) is 0 Å². The second-order valence-electron chi connectivity index (χ2n) is 5.25. The number of methoxy groups -OCH3 is 2. The summed E-state index contributed by atoms with van der Waals surface area (Å²) in [6.45, 7) is 1.15. The Hall–Kier alpha value is -2.24. The Morgan fingerprint density at radius 2 is 1.83 bits per heavy atom. The number of ether oxygens (including phenoxy) is 2. The Labute approximate surface area is 136 Å². The Morgan fingerprint density at radius 3 is 2.52 bits per heavy atom. The predicted octanol–water partition coefficient (Wildman–Crippen LogP) is 2.28. The molecule has 0 heterocycles. The molecule has 0 bridgehead atoms. The summed E-state index contributed by atoms with van der Waals surface area (Å²) in [4.78, 5) is 0. The molecule has 0 radical (unpaired) electrons. The standard InChI is InChI=1S/C18H23NO4/c1-22-17-7-6-13(10-18(17)23-2)8-9-19-12-16(21)14-4-3-5-15(20)11-14/h3-7,10-11,16,19-21H,8-9,12H2,1-2H3/t16-/m1/s1. The number of hydrogen-bond donors (Lipinski definition) is 3. The highest BCUT2D eigenvalue weighted by Crippen LogP contribution is 2.27. The average Bonchev–Trinajstić information content (AvgIpc) is 2.58. The summed E-state index contributed by atoms with van der Waals surface area (Å²) in [6.07, 6.45) is 0.167. The second kappa shape index (κ2) is 8.41. The molecule has 0 saturated carbocycles. The minimum atomic E-state index is -0.646. The van der Waals surface area contributed by atoms with Gasteiger partial charge in [0.05, 0.1) is 20.3 Å². The van der Waals surface area contributed by atoms with E-state index >= 15 is 0 Å². The van der Waals surface area contributed by atoms with E-state index in [1.54, 1.807) is 38.5 Å². The molecule has 0 fully saturated rings. The molecule has 0 aliphatic rings. The van der Waals surface area contributed by atoms with E-state index in [9.17, 15) is 10.2 Å². The number of rotatable bonds is 8. The molecular weight excluding hydrogens is 294 g/mol. The topological polar surface area (TPSA) is 71.0 Å². The van der Waals surface area contributed by atoms with Crippen molar-refractivity contribution in [3.8, 4) is 17.2 Å². The van der Waals surface area contributed by atoms with Crippen molar-refractivity contribution in [1.82, 2.24) is 5.32 Å². The molecule has 0 aliphatic carbocycles. The van der Waals surface area contributed by atoms with Crippen molar-refractivity contribution in [2.24, 2.45) is 0 Å². The van der Waals surface area contributed by atoms with Gasteiger partial charge in [-0.3, -0.25) is 0 Å². The monoisotopic (exact) mass is 317 g/mol. The van der Waals surface area contributed by atoms with Crippen LogP contribution in [0.2, 0.25) is 0 Å². The zero-order valence-electron chi connectivity index (χ0n) is 13.5. The van der Waals surface area contributed by atoms with E-state index in [-0.39, 0.29) is 5.75 Å². The van der Waals surface area contributed by atoms with Crippen molar-refractivity contribution in [2.45, 2.75) is 12.5 Å². The highest BCUT2D eigenvalue weighted by molar-refractivity contribution is 5.42. The smallest absolute Gasteiger partial charge is 0.160 e. The van der Waals surface area contributed by atoms with Crippen molar-refractivity contribution in [1.29, 1.82) is 0 Å². The fourth-order valence-electron chi connectivity index (χ4n) is 2.36. The molecule has 124 valence electrons. The van der Waals surface area contributed by atoms with Crippen molar-refractivity contribution in [3.05, 3.63) is 53.6 Å². The first kappa shape index (κ1) is 17.1. The number of benzene rings is 2. The maximum absolute atomic E-state index is 10.1. The first-order chi connectivity index (χ1) is 11.1. The van der Waals surface area contributed by atoms with Crippen LogP contribution in [-0.2, 0) is 6.42 Å². The van der Waals surface area contributed by atoms with Gasteiger partial charge in [-0.15, -0.1) is 0 Å².